The van der Waals surface area contributed by atoms with Gasteiger partial charge >= 0.3 is 0 Å². The van der Waals surface area contributed by atoms with Gasteiger partial charge in [-0.3, -0.25) is 4.79 Å². The number of carbonyl (C=O) groups excluding carboxylic acids is 1. The monoisotopic (exact) mass is 326 g/mol. The van der Waals surface area contributed by atoms with Crippen LogP contribution in [0.2, 0.25) is 0 Å². The van der Waals surface area contributed by atoms with Gasteiger partial charge in [-0.25, -0.2) is 8.42 Å². The SMILES string of the molecule is CNC(=O)CCc1cc(S(=O)(=O)N2CCCC2)ccc1OC. The van der Waals surface area contributed by atoms with E-state index in [1.54, 1.807) is 25.2 Å². The van der Waals surface area contributed by atoms with E-state index in [1.165, 1.54) is 11.4 Å². The second-order valence-electron chi connectivity index (χ2n) is 5.26. The van der Waals surface area contributed by atoms with Gasteiger partial charge in [0.25, 0.3) is 0 Å². The molecule has 0 aromatic heterocycles. The Bertz CT molecular complexity index is 637. The number of carbonyl (C=O) groups is 1. The third-order valence-electron chi connectivity index (χ3n) is 3.85. The first-order valence-electron chi connectivity index (χ1n) is 7.36. The van der Waals surface area contributed by atoms with Crippen LogP contribution in [0.1, 0.15) is 24.8 Å². The van der Waals surface area contributed by atoms with Crippen LogP contribution in [0.3, 0.4) is 0 Å². The van der Waals surface area contributed by atoms with Crippen LogP contribution < -0.4 is 10.1 Å². The Kier molecular flexibility index (Phi) is 5.42. The number of rotatable bonds is 6. The number of sulfonamides is 1. The second-order valence-corrected chi connectivity index (χ2v) is 7.20. The first-order valence-corrected chi connectivity index (χ1v) is 8.80. The van der Waals surface area contributed by atoms with Gasteiger partial charge in [0.05, 0.1) is 12.0 Å². The van der Waals surface area contributed by atoms with Gasteiger partial charge in [0.15, 0.2) is 0 Å². The molecule has 1 heterocycles. The molecule has 1 amide bonds. The molecule has 0 aliphatic carbocycles. The van der Waals surface area contributed by atoms with Crippen LogP contribution in [0.5, 0.6) is 5.75 Å². The second kappa shape index (κ2) is 7.11. The molecule has 0 bridgehead atoms. The fourth-order valence-electron chi connectivity index (χ4n) is 2.56. The summed E-state index contributed by atoms with van der Waals surface area (Å²) in [5, 5.41) is 2.56. The molecule has 1 aliphatic heterocycles. The van der Waals surface area contributed by atoms with Crippen molar-refractivity contribution < 1.29 is 17.9 Å². The number of methoxy groups -OCH3 is 1. The number of amides is 1. The third-order valence-corrected chi connectivity index (χ3v) is 5.75. The summed E-state index contributed by atoms with van der Waals surface area (Å²) in [7, 11) is -0.341. The van der Waals surface area contributed by atoms with E-state index in [1.807, 2.05) is 0 Å². The van der Waals surface area contributed by atoms with E-state index in [9.17, 15) is 13.2 Å². The van der Waals surface area contributed by atoms with E-state index in [0.717, 1.165) is 18.4 Å². The van der Waals surface area contributed by atoms with Gasteiger partial charge in [-0.2, -0.15) is 4.31 Å². The highest BCUT2D eigenvalue weighted by molar-refractivity contribution is 7.89. The molecule has 2 rings (SSSR count). The number of benzene rings is 1. The Morgan fingerprint density at radius 2 is 2.00 bits per heavy atom. The number of nitrogens with zero attached hydrogens (tertiary/aromatic N) is 1. The predicted molar refractivity (Wildman–Crippen MR) is 83.4 cm³/mol. The van der Waals surface area contributed by atoms with E-state index in [4.69, 9.17) is 4.74 Å². The molecule has 0 saturated carbocycles. The van der Waals surface area contributed by atoms with Crippen LogP contribution in [0, 0.1) is 0 Å². The van der Waals surface area contributed by atoms with E-state index in [2.05, 4.69) is 5.32 Å². The van der Waals surface area contributed by atoms with Crippen molar-refractivity contribution in [2.45, 2.75) is 30.6 Å². The highest BCUT2D eigenvalue weighted by Gasteiger charge is 2.27. The van der Waals surface area contributed by atoms with Crippen molar-refractivity contribution >= 4 is 15.9 Å². The minimum Gasteiger partial charge on any atom is -0.496 e. The molecule has 7 heteroatoms. The van der Waals surface area contributed by atoms with Crippen molar-refractivity contribution in [1.82, 2.24) is 9.62 Å². The third kappa shape index (κ3) is 3.59. The van der Waals surface area contributed by atoms with Gasteiger partial charge in [-0.1, -0.05) is 0 Å². The van der Waals surface area contributed by atoms with Crippen LogP contribution in [0.25, 0.3) is 0 Å². The molecule has 1 fully saturated rings. The summed E-state index contributed by atoms with van der Waals surface area (Å²) < 4.78 is 31.9. The molecule has 22 heavy (non-hydrogen) atoms. The molecule has 0 atom stereocenters. The summed E-state index contributed by atoms with van der Waals surface area (Å²) in [6.45, 7) is 1.14. The first-order chi connectivity index (χ1) is 10.5. The van der Waals surface area contributed by atoms with Gasteiger partial charge in [-0.05, 0) is 43.0 Å². The summed E-state index contributed by atoms with van der Waals surface area (Å²) in [5.74, 6) is 0.513. The predicted octanol–water partition coefficient (Wildman–Crippen LogP) is 1.16. The Balaban J connectivity index is 2.27. The van der Waals surface area contributed by atoms with E-state index >= 15 is 0 Å². The zero-order valence-electron chi connectivity index (χ0n) is 13.0. The lowest BCUT2D eigenvalue weighted by Crippen LogP contribution is -2.28. The lowest BCUT2D eigenvalue weighted by atomic mass is 10.1. The van der Waals surface area contributed by atoms with Gasteiger partial charge in [0, 0.05) is 26.6 Å². The molecular weight excluding hydrogens is 304 g/mol. The highest BCUT2D eigenvalue weighted by atomic mass is 32.2. The molecule has 1 N–H and O–H groups in total. The van der Waals surface area contributed by atoms with E-state index < -0.39 is 10.0 Å². The molecule has 0 unspecified atom stereocenters. The maximum absolute atomic E-state index is 12.6. The molecule has 1 saturated heterocycles. The van der Waals surface area contributed by atoms with Crippen LogP contribution in [0.15, 0.2) is 23.1 Å². The Morgan fingerprint density at radius 3 is 2.59 bits per heavy atom. The van der Waals surface area contributed by atoms with E-state index in [-0.39, 0.29) is 10.8 Å². The number of ether oxygens (including phenoxy) is 1. The van der Waals surface area contributed by atoms with Gasteiger partial charge < -0.3 is 10.1 Å². The Labute approximate surface area is 131 Å². The van der Waals surface area contributed by atoms with Gasteiger partial charge in [-0.15, -0.1) is 0 Å². The standard InChI is InChI=1S/C15H22N2O4S/c1-16-15(18)8-5-12-11-13(6-7-14(12)21-2)22(19,20)17-9-3-4-10-17/h6-7,11H,3-5,8-10H2,1-2H3,(H,16,18). The Morgan fingerprint density at radius 1 is 1.32 bits per heavy atom. The van der Waals surface area contributed by atoms with E-state index in [0.29, 0.717) is 31.7 Å². The smallest absolute Gasteiger partial charge is 0.243 e. The molecule has 0 radical (unpaired) electrons. The number of aryl methyl sites for hydroxylation is 1. The molecule has 0 spiro atoms. The van der Waals surface area contributed by atoms with Crippen molar-refractivity contribution in [1.29, 1.82) is 0 Å². The molecule has 1 aromatic carbocycles. The number of hydrogen-bond acceptors (Lipinski definition) is 4. The van der Waals surface area contributed by atoms with Crippen LogP contribution in [0.4, 0.5) is 0 Å². The summed E-state index contributed by atoms with van der Waals surface area (Å²) in [6.07, 6.45) is 2.53. The van der Waals surface area contributed by atoms with Crippen LogP contribution in [-0.4, -0.2) is 45.9 Å². The normalized spacial score (nSPS) is 15.7. The maximum atomic E-state index is 12.6. The fourth-order valence-corrected chi connectivity index (χ4v) is 4.13. The summed E-state index contributed by atoms with van der Waals surface area (Å²) in [4.78, 5) is 11.7. The molecule has 1 aromatic rings. The average molecular weight is 326 g/mol. The molecule has 122 valence electrons. The highest BCUT2D eigenvalue weighted by Crippen LogP contribution is 2.27. The minimum atomic E-state index is -3.45. The van der Waals surface area contributed by atoms with Crippen molar-refractivity contribution in [3.8, 4) is 5.75 Å². The van der Waals surface area contributed by atoms with Crippen LogP contribution >= 0.6 is 0 Å². The lowest BCUT2D eigenvalue weighted by molar-refractivity contribution is -0.120. The van der Waals surface area contributed by atoms with Gasteiger partial charge in [0.1, 0.15) is 5.75 Å². The quantitative estimate of drug-likeness (QED) is 0.851. The molecule has 1 aliphatic rings. The molecular formula is C15H22N2O4S. The number of hydrogen-bond donors (Lipinski definition) is 1. The summed E-state index contributed by atoms with van der Waals surface area (Å²) in [5.41, 5.74) is 0.728. The lowest BCUT2D eigenvalue weighted by Gasteiger charge is -2.17. The van der Waals surface area contributed by atoms with Crippen molar-refractivity contribution in [3.05, 3.63) is 23.8 Å². The fraction of sp³-hybridized carbons (Fsp3) is 0.533. The van der Waals surface area contributed by atoms with Crippen LogP contribution in [-0.2, 0) is 21.2 Å². The average Bonchev–Trinajstić information content (AvgIpc) is 3.07. The summed E-state index contributed by atoms with van der Waals surface area (Å²) >= 11 is 0. The first kappa shape index (κ1) is 16.8. The van der Waals surface area contributed by atoms with Crippen molar-refractivity contribution in [3.63, 3.8) is 0 Å². The maximum Gasteiger partial charge on any atom is 0.243 e. The zero-order chi connectivity index (χ0) is 16.2. The summed E-state index contributed by atoms with van der Waals surface area (Å²) in [6, 6.07) is 4.84. The number of nitrogens with one attached hydrogen (secondary N) is 1. The van der Waals surface area contributed by atoms with Gasteiger partial charge in [0.2, 0.25) is 15.9 Å². The molecule has 6 nitrogen and oxygen atoms in total. The topological polar surface area (TPSA) is 75.7 Å². The Hall–Kier alpha value is -1.60. The largest absolute Gasteiger partial charge is 0.496 e. The van der Waals surface area contributed by atoms with Crippen molar-refractivity contribution in [2.24, 2.45) is 0 Å². The van der Waals surface area contributed by atoms with Crippen molar-refractivity contribution in [2.75, 3.05) is 27.2 Å². The minimum absolute atomic E-state index is 0.0881. The zero-order valence-corrected chi connectivity index (χ0v) is 13.8.